The van der Waals surface area contributed by atoms with E-state index in [1.165, 1.54) is 0 Å². The van der Waals surface area contributed by atoms with Gasteiger partial charge in [0.2, 0.25) is 0 Å². The molecular weight excluding hydrogens is 232 g/mol. The molecule has 1 unspecified atom stereocenters. The number of hydrogen-bond donors (Lipinski definition) is 0. The Morgan fingerprint density at radius 2 is 1.61 bits per heavy atom. The number of hydrogen-bond acceptors (Lipinski definition) is 4. The highest BCUT2D eigenvalue weighted by Crippen LogP contribution is 2.47. The summed E-state index contributed by atoms with van der Waals surface area (Å²) in [5.41, 5.74) is -0.238. The summed E-state index contributed by atoms with van der Waals surface area (Å²) in [5, 5.41) is 0. The summed E-state index contributed by atoms with van der Waals surface area (Å²) < 4.78 is 10.0. The van der Waals surface area contributed by atoms with E-state index in [1.54, 1.807) is 13.8 Å². The first-order chi connectivity index (χ1) is 8.51. The topological polar surface area (TPSA) is 52.6 Å². The van der Waals surface area contributed by atoms with E-state index < -0.39 is 0 Å². The highest BCUT2D eigenvalue weighted by Gasteiger charge is 2.41. The van der Waals surface area contributed by atoms with Crippen molar-refractivity contribution in [2.75, 3.05) is 13.2 Å². The Labute approximate surface area is 109 Å². The molecule has 1 atom stereocenters. The average molecular weight is 256 g/mol. The molecule has 0 amide bonds. The molecule has 4 nitrogen and oxygen atoms in total. The van der Waals surface area contributed by atoms with Gasteiger partial charge in [-0.15, -0.1) is 0 Å². The molecular formula is C14H24O4. The van der Waals surface area contributed by atoms with Crippen LogP contribution in [-0.4, -0.2) is 25.2 Å². The van der Waals surface area contributed by atoms with Crippen molar-refractivity contribution in [3.05, 3.63) is 0 Å². The molecule has 18 heavy (non-hydrogen) atoms. The normalized spacial score (nSPS) is 21.6. The van der Waals surface area contributed by atoms with Gasteiger partial charge in [0.05, 0.1) is 26.1 Å². The Balaban J connectivity index is 2.64. The van der Waals surface area contributed by atoms with Gasteiger partial charge in [-0.2, -0.15) is 0 Å². The molecule has 1 saturated carbocycles. The molecule has 0 aliphatic heterocycles. The molecule has 0 saturated heterocycles. The Hall–Kier alpha value is -1.06. The maximum atomic E-state index is 11.7. The van der Waals surface area contributed by atoms with E-state index in [9.17, 15) is 9.59 Å². The molecule has 1 aliphatic carbocycles. The van der Waals surface area contributed by atoms with Gasteiger partial charge < -0.3 is 9.47 Å². The molecule has 0 aromatic heterocycles. The lowest BCUT2D eigenvalue weighted by molar-refractivity contribution is -0.150. The van der Waals surface area contributed by atoms with E-state index in [1.807, 2.05) is 0 Å². The van der Waals surface area contributed by atoms with Gasteiger partial charge in [-0.25, -0.2) is 0 Å². The van der Waals surface area contributed by atoms with Crippen molar-refractivity contribution in [1.29, 1.82) is 0 Å². The zero-order valence-electron chi connectivity index (χ0n) is 11.7. The molecule has 4 heteroatoms. The van der Waals surface area contributed by atoms with Crippen molar-refractivity contribution < 1.29 is 19.1 Å². The van der Waals surface area contributed by atoms with Gasteiger partial charge in [-0.3, -0.25) is 9.59 Å². The van der Waals surface area contributed by atoms with Crippen LogP contribution in [0.3, 0.4) is 0 Å². The van der Waals surface area contributed by atoms with Crippen molar-refractivity contribution in [3.8, 4) is 0 Å². The largest absolute Gasteiger partial charge is 0.466 e. The zero-order chi connectivity index (χ0) is 13.6. The van der Waals surface area contributed by atoms with Crippen LogP contribution in [0.1, 0.15) is 52.9 Å². The molecule has 1 aliphatic rings. The Kier molecular flexibility index (Phi) is 5.63. The first-order valence-electron chi connectivity index (χ1n) is 6.82. The van der Waals surface area contributed by atoms with Gasteiger partial charge in [0.15, 0.2) is 0 Å². The second kappa shape index (κ2) is 6.76. The number of ether oxygens (including phenoxy) is 2. The molecule has 0 spiro atoms. The standard InChI is InChI=1S/C14H24O4/c1-4-17-12(15)9-14(7-6-11(3)8-14)10-13(16)18-5-2/h11H,4-10H2,1-3H3. The van der Waals surface area contributed by atoms with Crippen LogP contribution in [0.25, 0.3) is 0 Å². The van der Waals surface area contributed by atoms with E-state index in [4.69, 9.17) is 9.47 Å². The zero-order valence-corrected chi connectivity index (χ0v) is 11.7. The van der Waals surface area contributed by atoms with E-state index in [2.05, 4.69) is 6.92 Å². The molecule has 0 N–H and O–H groups in total. The third kappa shape index (κ3) is 4.31. The van der Waals surface area contributed by atoms with Gasteiger partial charge in [0.25, 0.3) is 0 Å². The highest BCUT2D eigenvalue weighted by atomic mass is 16.5. The lowest BCUT2D eigenvalue weighted by atomic mass is 9.79. The third-order valence-corrected chi connectivity index (χ3v) is 3.60. The predicted octanol–water partition coefficient (Wildman–Crippen LogP) is 2.70. The molecule has 0 bridgehead atoms. The first kappa shape index (κ1) is 15.0. The van der Waals surface area contributed by atoms with Crippen LogP contribution in [-0.2, 0) is 19.1 Å². The Bertz CT molecular complexity index is 278. The van der Waals surface area contributed by atoms with Crippen LogP contribution < -0.4 is 0 Å². The average Bonchev–Trinajstić information content (AvgIpc) is 2.60. The fraction of sp³-hybridized carbons (Fsp3) is 0.857. The van der Waals surface area contributed by atoms with Crippen LogP contribution in [0.15, 0.2) is 0 Å². The maximum absolute atomic E-state index is 11.7. The Morgan fingerprint density at radius 1 is 1.11 bits per heavy atom. The quantitative estimate of drug-likeness (QED) is 0.686. The molecule has 104 valence electrons. The smallest absolute Gasteiger partial charge is 0.306 e. The number of esters is 2. The maximum Gasteiger partial charge on any atom is 0.306 e. The van der Waals surface area contributed by atoms with Crippen LogP contribution in [0.4, 0.5) is 0 Å². The summed E-state index contributed by atoms with van der Waals surface area (Å²) in [7, 11) is 0. The summed E-state index contributed by atoms with van der Waals surface area (Å²) in [6.45, 7) is 6.55. The van der Waals surface area contributed by atoms with Crippen LogP contribution in [0, 0.1) is 11.3 Å². The Morgan fingerprint density at radius 3 is 1.94 bits per heavy atom. The van der Waals surface area contributed by atoms with Crippen molar-refractivity contribution in [2.45, 2.75) is 52.9 Å². The van der Waals surface area contributed by atoms with Crippen LogP contribution in [0.5, 0.6) is 0 Å². The summed E-state index contributed by atoms with van der Waals surface area (Å²) in [4.78, 5) is 23.4. The minimum atomic E-state index is -0.238. The van der Waals surface area contributed by atoms with E-state index >= 15 is 0 Å². The first-order valence-corrected chi connectivity index (χ1v) is 6.82. The molecule has 1 fully saturated rings. The summed E-state index contributed by atoms with van der Waals surface area (Å²) in [6.07, 6.45) is 3.56. The van der Waals surface area contributed by atoms with Gasteiger partial charge in [-0.1, -0.05) is 13.3 Å². The molecule has 0 radical (unpaired) electrons. The van der Waals surface area contributed by atoms with Gasteiger partial charge in [-0.05, 0) is 38.0 Å². The second-order valence-corrected chi connectivity index (χ2v) is 5.31. The van der Waals surface area contributed by atoms with E-state index in [0.717, 1.165) is 19.3 Å². The minimum absolute atomic E-state index is 0.198. The van der Waals surface area contributed by atoms with E-state index in [0.29, 0.717) is 32.0 Å². The van der Waals surface area contributed by atoms with Crippen LogP contribution >= 0.6 is 0 Å². The molecule has 0 aromatic carbocycles. The van der Waals surface area contributed by atoms with Crippen molar-refractivity contribution >= 4 is 11.9 Å². The molecule has 1 rings (SSSR count). The number of carbonyl (C=O) groups is 2. The SMILES string of the molecule is CCOC(=O)CC1(CC(=O)OCC)CCC(C)C1. The molecule has 0 aromatic rings. The lowest BCUT2D eigenvalue weighted by Gasteiger charge is -2.27. The summed E-state index contributed by atoms with van der Waals surface area (Å²) in [5.74, 6) is 0.167. The lowest BCUT2D eigenvalue weighted by Crippen LogP contribution is -2.27. The fourth-order valence-electron chi connectivity index (χ4n) is 2.92. The third-order valence-electron chi connectivity index (χ3n) is 3.60. The highest BCUT2D eigenvalue weighted by molar-refractivity contribution is 5.74. The van der Waals surface area contributed by atoms with Gasteiger partial charge in [0.1, 0.15) is 0 Å². The van der Waals surface area contributed by atoms with Gasteiger partial charge in [0, 0.05) is 0 Å². The van der Waals surface area contributed by atoms with Crippen molar-refractivity contribution in [3.63, 3.8) is 0 Å². The predicted molar refractivity (Wildman–Crippen MR) is 67.9 cm³/mol. The fourth-order valence-corrected chi connectivity index (χ4v) is 2.92. The van der Waals surface area contributed by atoms with E-state index in [-0.39, 0.29) is 17.4 Å². The van der Waals surface area contributed by atoms with Gasteiger partial charge >= 0.3 is 11.9 Å². The second-order valence-electron chi connectivity index (χ2n) is 5.31. The van der Waals surface area contributed by atoms with Crippen molar-refractivity contribution in [1.82, 2.24) is 0 Å². The van der Waals surface area contributed by atoms with Crippen LogP contribution in [0.2, 0.25) is 0 Å². The number of carbonyl (C=O) groups excluding carboxylic acids is 2. The monoisotopic (exact) mass is 256 g/mol. The minimum Gasteiger partial charge on any atom is -0.466 e. The number of rotatable bonds is 6. The summed E-state index contributed by atoms with van der Waals surface area (Å²) in [6, 6.07) is 0. The summed E-state index contributed by atoms with van der Waals surface area (Å²) >= 11 is 0. The van der Waals surface area contributed by atoms with Crippen molar-refractivity contribution in [2.24, 2.45) is 11.3 Å². The molecule has 0 heterocycles.